The number of halogens is 2. The molecule has 9 N–H and O–H groups in total. The van der Waals surface area contributed by atoms with Gasteiger partial charge in [0.2, 0.25) is 37.9 Å². The van der Waals surface area contributed by atoms with Crippen LogP contribution in [-0.4, -0.2) is 169 Å². The molecule has 0 fully saturated rings. The normalized spacial score (nSPS) is 17.1. The molecule has 0 spiro atoms. The van der Waals surface area contributed by atoms with Gasteiger partial charge in [-0.2, -0.15) is 8.78 Å². The molecule has 13 rings (SSSR count). The van der Waals surface area contributed by atoms with Crippen LogP contribution in [0.1, 0.15) is 191 Å². The van der Waals surface area contributed by atoms with Gasteiger partial charge in [-0.05, 0) is 137 Å². The quantitative estimate of drug-likeness (QED) is 0.0302. The van der Waals surface area contributed by atoms with E-state index in [-0.39, 0.29) is 107 Å². The van der Waals surface area contributed by atoms with Gasteiger partial charge in [-0.1, -0.05) is 60.2 Å². The van der Waals surface area contributed by atoms with Gasteiger partial charge in [0, 0.05) is 237 Å². The summed E-state index contributed by atoms with van der Waals surface area (Å²) in [5.74, 6) is -4.96. The van der Waals surface area contributed by atoms with Gasteiger partial charge < -0.3 is 112 Å². The van der Waals surface area contributed by atoms with E-state index >= 15 is 0 Å². The van der Waals surface area contributed by atoms with E-state index in [0.29, 0.717) is 42.7 Å². The molecule has 9 aromatic rings. The summed E-state index contributed by atoms with van der Waals surface area (Å²) in [6, 6.07) is 26.5. The number of nitrogens with one attached hydrogen (secondary N) is 2. The molecule has 4 aliphatic heterocycles. The van der Waals surface area contributed by atoms with E-state index < -0.39 is 109 Å². The van der Waals surface area contributed by atoms with Crippen molar-refractivity contribution in [2.24, 2.45) is 0 Å². The number of aromatic nitrogens is 6. The molecule has 131 heavy (non-hydrogen) atoms. The number of nitrogens with zero attached hydrogens (tertiary/aromatic N) is 6. The average Bonchev–Trinajstić information content (AvgIpc) is 0.753. The fraction of sp³-hybridized carbons (Fsp3) is 0.473. The maximum absolute atomic E-state index is 14.4. The van der Waals surface area contributed by atoms with Gasteiger partial charge in [0.25, 0.3) is 0 Å². The van der Waals surface area contributed by atoms with Gasteiger partial charge in [-0.3, -0.25) is 39.0 Å². The number of fused-ring (bicyclic) bond motifs is 4. The molecular formula is C91H126AcF2N8O23P6. The van der Waals surface area contributed by atoms with E-state index in [1.165, 1.54) is 32.0 Å². The number of aliphatic hydroxyl groups is 3. The Hall–Kier alpha value is -6.80. The fourth-order valence-electron chi connectivity index (χ4n) is 14.2. The number of aryl methyl sites for hydroxylation is 7. The topological polar surface area (TPSA) is 438 Å². The van der Waals surface area contributed by atoms with Gasteiger partial charge in [0.15, 0.2) is 18.8 Å². The number of aromatic hydroxyl groups is 2. The van der Waals surface area contributed by atoms with Crippen LogP contribution in [0.15, 0.2) is 116 Å². The second-order valence-corrected chi connectivity index (χ2v) is 53.8. The summed E-state index contributed by atoms with van der Waals surface area (Å²) in [4.78, 5) is 43.8. The largest absolute Gasteiger partial charge is 0.506 e. The Bertz CT molecular complexity index is 5830. The number of pyridine rings is 6. The van der Waals surface area contributed by atoms with Crippen molar-refractivity contribution in [1.29, 1.82) is 0 Å². The third-order valence-electron chi connectivity index (χ3n) is 21.3. The summed E-state index contributed by atoms with van der Waals surface area (Å²) < 4.78 is 159. The average molecular weight is 2150 g/mol. The van der Waals surface area contributed by atoms with Crippen molar-refractivity contribution in [1.82, 2.24) is 29.9 Å². The molecule has 0 saturated heterocycles. The van der Waals surface area contributed by atoms with Crippen molar-refractivity contribution < 1.29 is 163 Å². The molecule has 10 heterocycles. The second kappa shape index (κ2) is 44.1. The van der Waals surface area contributed by atoms with Crippen LogP contribution in [-0.2, 0) is 101 Å². The summed E-state index contributed by atoms with van der Waals surface area (Å²) in [5.41, 5.74) is 10.9. The zero-order valence-electron chi connectivity index (χ0n) is 79.5. The standard InChI is InChI=1S/C25H29N2O3P.C20H27N2O3P.C14H22NO4P.C13H18F2NO3P.C10H16NO5P.C9H14NO5P.Ac/c1-17-23-22(16-29-25(2,3)30-23)21(15-26-17)24(31(4,5)28)27-20-13-11-19(12-14-20)18-9-7-6-8-10-18;1-13-7-9-15(10-8-13)22-19(26(5,6)23)16-11-21-14(2)18-17(16)12-24-20(3,4)25-18;1-9-12-11(8-18-14(2,3)19-12)10(7-15-9)13(17-4)20(5,6)16;1-8-11-9(7-18-12(2,3)19-11)10(6-16-8)13(14,15)20(4,5)17;1-6-9(13)8(5-12)7(4-11-6)10(16-2)17(3,14)15;1-5-8(12)7(4-11)6(3-10-5)9(13)16(2,14)15;/h6-15,24,27H,16H2,1-5H3;7-11,19,22H,12H2,1-6H3;7,13H,8H2,1-6H3;6H,7H2,1-5H3;4,10,12-13H,5H2,1-3H3,(H,14,15);3,9,11-13H,4H2,1-2H3,(H,14,15);. The van der Waals surface area contributed by atoms with Crippen molar-refractivity contribution in [2.45, 2.75) is 201 Å². The third kappa shape index (κ3) is 28.5. The van der Waals surface area contributed by atoms with Crippen LogP contribution in [0.3, 0.4) is 0 Å². The number of benzene rings is 3. The van der Waals surface area contributed by atoms with Crippen molar-refractivity contribution in [3.8, 4) is 45.6 Å². The minimum absolute atomic E-state index is 0. The molecule has 3 aromatic carbocycles. The Labute approximate surface area is 802 Å². The Morgan fingerprint density at radius 2 is 0.733 bits per heavy atom. The first-order valence-corrected chi connectivity index (χ1v) is 56.4. The molecule has 1 radical (unpaired) electrons. The zero-order chi connectivity index (χ0) is 97.5. The maximum Gasteiger partial charge on any atom is 0.324 e. The summed E-state index contributed by atoms with van der Waals surface area (Å²) >= 11 is 0. The first-order chi connectivity index (χ1) is 59.9. The molecule has 0 saturated carbocycles. The molecule has 6 aromatic heterocycles. The Kier molecular flexibility index (Phi) is 37.5. The Morgan fingerprint density at radius 3 is 1.08 bits per heavy atom. The Morgan fingerprint density at radius 1 is 0.420 bits per heavy atom. The number of anilines is 2. The van der Waals surface area contributed by atoms with Crippen LogP contribution in [0.5, 0.6) is 34.5 Å². The van der Waals surface area contributed by atoms with Crippen LogP contribution in [0, 0.1) is 92.5 Å². The SMILES string of the molecule is COC(c1cnc(C)c(O)c1CO)P(C)(=O)O.COC(c1cnc(C)c2c1COC(C)(C)O2)P(C)(C)=O.Cc1ccc(NC(c2cnc(C)c3c2COC(C)(C)O3)P(C)(C)=O)cc1.Cc1ncc(C(F)(F)P(C)(C)=O)c2c1OC(C)(C)OC2.Cc1ncc(C(Nc2ccc(-c3ccccc3)cc2)P(C)(C)=O)c2c1OC(C)(C)OC2.Cc1ncc(C(O)P(C)(=O)O)c(CO)c1O.[Ac]. The monoisotopic (exact) mass is 2150 g/mol. The predicted molar refractivity (Wildman–Crippen MR) is 500 cm³/mol. The van der Waals surface area contributed by atoms with Crippen LogP contribution >= 0.6 is 43.3 Å². The fourth-order valence-corrected chi connectivity index (χ4v) is 20.9. The molecule has 0 amide bonds. The summed E-state index contributed by atoms with van der Waals surface area (Å²) in [6.45, 7) is 42.3. The van der Waals surface area contributed by atoms with E-state index in [1.807, 2.05) is 124 Å². The van der Waals surface area contributed by atoms with Crippen molar-refractivity contribution >= 4 is 54.7 Å². The van der Waals surface area contributed by atoms with Gasteiger partial charge in [-0.25, -0.2) is 0 Å². The summed E-state index contributed by atoms with van der Waals surface area (Å²) in [5, 5.41) is 54.2. The van der Waals surface area contributed by atoms with Crippen molar-refractivity contribution in [2.75, 3.05) is 91.5 Å². The van der Waals surface area contributed by atoms with E-state index in [1.54, 1.807) is 93.4 Å². The van der Waals surface area contributed by atoms with Gasteiger partial charge in [0.1, 0.15) is 73.3 Å². The first-order valence-electron chi connectivity index (χ1n) is 41.4. The minimum Gasteiger partial charge on any atom is -0.506 e. The molecule has 40 heteroatoms. The summed E-state index contributed by atoms with van der Waals surface area (Å²) in [6.07, 6.45) is 8.89. The number of alkyl halides is 2. The van der Waals surface area contributed by atoms with Crippen LogP contribution in [0.25, 0.3) is 11.1 Å². The number of methoxy groups -OCH3 is 2. The van der Waals surface area contributed by atoms with Crippen LogP contribution < -0.4 is 29.6 Å². The van der Waals surface area contributed by atoms with E-state index in [4.69, 9.17) is 52.5 Å². The van der Waals surface area contributed by atoms with E-state index in [2.05, 4.69) is 64.8 Å². The van der Waals surface area contributed by atoms with E-state index in [0.717, 1.165) is 117 Å². The van der Waals surface area contributed by atoms with E-state index in [9.17, 15) is 66.4 Å². The number of ether oxygens (including phenoxy) is 10. The number of hydrogen-bond acceptors (Lipinski definition) is 29. The molecule has 31 nitrogen and oxygen atoms in total. The molecule has 715 valence electrons. The molecule has 4 aliphatic rings. The molecular weight excluding hydrogens is 2020 g/mol. The van der Waals surface area contributed by atoms with Gasteiger partial charge in [0.05, 0.1) is 79.4 Å². The number of rotatable bonds is 21. The molecule has 7 atom stereocenters. The minimum atomic E-state index is -3.76. The van der Waals surface area contributed by atoms with Crippen molar-refractivity contribution in [3.63, 3.8) is 0 Å². The third-order valence-corrected chi connectivity index (χ3v) is 30.3. The number of aliphatic hydroxyl groups excluding tert-OH is 3. The van der Waals surface area contributed by atoms with Gasteiger partial charge >= 0.3 is 5.66 Å². The zero-order valence-corrected chi connectivity index (χ0v) is 89.6. The van der Waals surface area contributed by atoms with Crippen LogP contribution in [0.4, 0.5) is 20.2 Å². The second-order valence-electron chi connectivity index (χ2n) is 35.6. The summed E-state index contributed by atoms with van der Waals surface area (Å²) in [7, 11) is -15.7. The first kappa shape index (κ1) is 111. The van der Waals surface area contributed by atoms with Gasteiger partial charge in [-0.15, -0.1) is 0 Å². The molecule has 0 bridgehead atoms. The molecule has 7 unspecified atom stereocenters. The molecule has 0 aliphatic carbocycles. The maximum atomic E-state index is 14.4. The Balaban J connectivity index is 0.000000218. The number of hydrogen-bond donors (Lipinski definition) is 9. The van der Waals surface area contributed by atoms with Crippen molar-refractivity contribution in [3.05, 3.63) is 223 Å². The predicted octanol–water partition coefficient (Wildman–Crippen LogP) is 20.1. The smallest absolute Gasteiger partial charge is 0.324 e. The van der Waals surface area contributed by atoms with Crippen LogP contribution in [0.2, 0.25) is 0 Å².